The van der Waals surface area contributed by atoms with Gasteiger partial charge < -0.3 is 4.74 Å². The summed E-state index contributed by atoms with van der Waals surface area (Å²) in [5.41, 5.74) is 0.460. The number of benzene rings is 1. The molecule has 108 valence electrons. The Bertz CT molecular complexity index is 820. The van der Waals surface area contributed by atoms with Gasteiger partial charge in [0.2, 0.25) is 0 Å². The van der Waals surface area contributed by atoms with Gasteiger partial charge in [-0.05, 0) is 24.3 Å². The lowest BCUT2D eigenvalue weighted by Gasteiger charge is -2.28. The second-order valence-electron chi connectivity index (χ2n) is 4.27. The molecule has 0 atom stereocenters. The second kappa shape index (κ2) is 4.74. The van der Waals surface area contributed by atoms with Gasteiger partial charge in [0.25, 0.3) is 10.0 Å². The van der Waals surface area contributed by atoms with E-state index in [0.717, 1.165) is 0 Å². The Labute approximate surface area is 121 Å². The lowest BCUT2D eigenvalue weighted by atomic mass is 10.2. The molecule has 1 aliphatic heterocycles. The summed E-state index contributed by atoms with van der Waals surface area (Å²) in [4.78, 5) is 17.3. The predicted molar refractivity (Wildman–Crippen MR) is 75.1 cm³/mol. The normalized spacial score (nSPS) is 16.0. The zero-order valence-corrected chi connectivity index (χ0v) is 11.8. The number of nitrogens with one attached hydrogen (secondary N) is 1. The molecule has 7 nitrogen and oxygen atoms in total. The van der Waals surface area contributed by atoms with Gasteiger partial charge in [0.05, 0.1) is 12.8 Å². The van der Waals surface area contributed by atoms with E-state index in [-0.39, 0.29) is 10.7 Å². The number of rotatable bonds is 2. The van der Waals surface area contributed by atoms with Crippen molar-refractivity contribution in [1.29, 1.82) is 0 Å². The van der Waals surface area contributed by atoms with Crippen LogP contribution in [0.2, 0.25) is 0 Å². The van der Waals surface area contributed by atoms with Crippen molar-refractivity contribution in [2.45, 2.75) is 4.90 Å². The third-order valence-electron chi connectivity index (χ3n) is 2.99. The number of ether oxygens (including phenoxy) is 1. The van der Waals surface area contributed by atoms with Crippen LogP contribution >= 0.6 is 0 Å². The van der Waals surface area contributed by atoms with Crippen molar-refractivity contribution in [2.24, 2.45) is 0 Å². The number of sulfonamides is 1. The molecule has 21 heavy (non-hydrogen) atoms. The fourth-order valence-electron chi connectivity index (χ4n) is 2.06. The van der Waals surface area contributed by atoms with Gasteiger partial charge in [-0.1, -0.05) is 6.07 Å². The lowest BCUT2D eigenvalue weighted by Crippen LogP contribution is -2.45. The van der Waals surface area contributed by atoms with Crippen molar-refractivity contribution in [3.63, 3.8) is 0 Å². The number of methoxy groups -OCH3 is 1. The van der Waals surface area contributed by atoms with Gasteiger partial charge in [-0.25, -0.2) is 27.8 Å². The molecule has 0 spiro atoms. The summed E-state index contributed by atoms with van der Waals surface area (Å²) in [6, 6.07) is 8.82. The molecule has 0 saturated carbocycles. The van der Waals surface area contributed by atoms with Crippen LogP contribution in [-0.4, -0.2) is 26.5 Å². The number of nitrogens with zero attached hydrogens (tertiary/aromatic N) is 2. The maximum atomic E-state index is 12.1. The number of carbonyl (C=O) groups excluding carboxylic acids is 1. The molecule has 0 saturated heterocycles. The number of amides is 2. The van der Waals surface area contributed by atoms with E-state index in [2.05, 4.69) is 4.98 Å². The molecule has 2 heterocycles. The lowest BCUT2D eigenvalue weighted by molar-refractivity contribution is 0.252. The summed E-state index contributed by atoms with van der Waals surface area (Å²) >= 11 is 0. The number of fused-ring (bicyclic) bond motifs is 1. The molecule has 1 aromatic heterocycles. The molecule has 2 aromatic rings. The molecule has 0 radical (unpaired) electrons. The number of urea groups is 1. The first-order chi connectivity index (χ1) is 10.0. The highest BCUT2D eigenvalue weighted by atomic mass is 32.2. The maximum absolute atomic E-state index is 12.1. The van der Waals surface area contributed by atoms with E-state index in [9.17, 15) is 13.2 Å². The Morgan fingerprint density at radius 1 is 1.24 bits per heavy atom. The largest absolute Gasteiger partial charge is 0.497 e. The molecule has 2 amide bonds. The van der Waals surface area contributed by atoms with E-state index in [1.165, 1.54) is 30.3 Å². The zero-order chi connectivity index (χ0) is 15.0. The molecular formula is C13H11N3O4S. The molecule has 1 aliphatic rings. The summed E-state index contributed by atoms with van der Waals surface area (Å²) in [6.07, 6.45) is 1.43. The summed E-state index contributed by atoms with van der Waals surface area (Å²) in [5, 5.41) is 0. The summed E-state index contributed by atoms with van der Waals surface area (Å²) in [7, 11) is -2.38. The van der Waals surface area contributed by atoms with E-state index < -0.39 is 16.1 Å². The minimum atomic E-state index is -3.88. The molecule has 0 aliphatic carbocycles. The highest BCUT2D eigenvalue weighted by Gasteiger charge is 2.35. The Morgan fingerprint density at radius 2 is 2.05 bits per heavy atom. The first-order valence-electron chi connectivity index (χ1n) is 5.99. The van der Waals surface area contributed by atoms with Gasteiger partial charge in [0.1, 0.15) is 10.6 Å². The Balaban J connectivity index is 2.21. The van der Waals surface area contributed by atoms with Crippen molar-refractivity contribution in [3.8, 4) is 5.75 Å². The number of hydrogen-bond acceptors (Lipinski definition) is 5. The number of carbonyl (C=O) groups is 1. The van der Waals surface area contributed by atoms with Gasteiger partial charge in [-0.2, -0.15) is 0 Å². The van der Waals surface area contributed by atoms with Crippen molar-refractivity contribution in [1.82, 2.24) is 9.71 Å². The number of anilines is 2. The van der Waals surface area contributed by atoms with Gasteiger partial charge >= 0.3 is 6.03 Å². The average Bonchev–Trinajstić information content (AvgIpc) is 2.47. The monoisotopic (exact) mass is 305 g/mol. The van der Waals surface area contributed by atoms with E-state index in [1.807, 2.05) is 4.72 Å². The zero-order valence-electron chi connectivity index (χ0n) is 11.0. The topological polar surface area (TPSA) is 88.6 Å². The fourth-order valence-corrected chi connectivity index (χ4v) is 3.13. The fraction of sp³-hybridized carbons (Fsp3) is 0.0769. The minimum absolute atomic E-state index is 0.0487. The van der Waals surface area contributed by atoms with Crippen molar-refractivity contribution < 1.29 is 17.9 Å². The first kappa shape index (κ1) is 13.4. The Kier molecular flexibility index (Phi) is 3.02. The highest BCUT2D eigenvalue weighted by molar-refractivity contribution is 7.90. The minimum Gasteiger partial charge on any atom is -0.497 e. The third-order valence-corrected chi connectivity index (χ3v) is 4.33. The standard InChI is InChI=1S/C13H11N3O4S/c1-20-10-5-2-4-9(8-10)16-12-11(6-3-7-14-12)21(18,19)15-13(16)17/h2-8H,1H3,(H,15,17). The molecular weight excluding hydrogens is 294 g/mol. The van der Waals surface area contributed by atoms with Crippen molar-refractivity contribution in [3.05, 3.63) is 42.6 Å². The maximum Gasteiger partial charge on any atom is 0.341 e. The van der Waals surface area contributed by atoms with Gasteiger partial charge in [0, 0.05) is 12.3 Å². The van der Waals surface area contributed by atoms with Crippen LogP contribution in [0.5, 0.6) is 5.75 Å². The van der Waals surface area contributed by atoms with Crippen LogP contribution in [0.15, 0.2) is 47.5 Å². The smallest absolute Gasteiger partial charge is 0.341 e. The molecule has 0 bridgehead atoms. The van der Waals surface area contributed by atoms with Crippen molar-refractivity contribution in [2.75, 3.05) is 12.0 Å². The summed E-state index contributed by atoms with van der Waals surface area (Å²) < 4.78 is 31.0. The van der Waals surface area contributed by atoms with Crippen LogP contribution in [-0.2, 0) is 10.0 Å². The van der Waals surface area contributed by atoms with Crippen LogP contribution in [0.3, 0.4) is 0 Å². The second-order valence-corrected chi connectivity index (χ2v) is 5.92. The molecule has 8 heteroatoms. The van der Waals surface area contributed by atoms with Gasteiger partial charge in [-0.15, -0.1) is 0 Å². The first-order valence-corrected chi connectivity index (χ1v) is 7.47. The Hall–Kier alpha value is -2.61. The van der Waals surface area contributed by atoms with Crippen LogP contribution in [0, 0.1) is 0 Å². The van der Waals surface area contributed by atoms with Gasteiger partial charge in [0.15, 0.2) is 5.82 Å². The summed E-state index contributed by atoms with van der Waals surface area (Å²) in [5.74, 6) is 0.612. The number of pyridine rings is 1. The van der Waals surface area contributed by atoms with Crippen LogP contribution in [0.1, 0.15) is 0 Å². The molecule has 3 rings (SSSR count). The SMILES string of the molecule is COc1cccc(N2C(=O)NS(=O)(=O)c3cccnc32)c1. The third kappa shape index (κ3) is 2.19. The Morgan fingerprint density at radius 3 is 2.81 bits per heavy atom. The van der Waals surface area contributed by atoms with E-state index in [1.54, 1.807) is 24.3 Å². The van der Waals surface area contributed by atoms with E-state index >= 15 is 0 Å². The van der Waals surface area contributed by atoms with Crippen molar-refractivity contribution >= 4 is 27.6 Å². The van der Waals surface area contributed by atoms with Gasteiger partial charge in [-0.3, -0.25) is 0 Å². The molecule has 0 unspecified atom stereocenters. The van der Waals surface area contributed by atoms with E-state index in [0.29, 0.717) is 11.4 Å². The molecule has 0 fully saturated rings. The highest BCUT2D eigenvalue weighted by Crippen LogP contribution is 2.34. The van der Waals surface area contributed by atoms with Crippen LogP contribution in [0.4, 0.5) is 16.3 Å². The molecule has 1 aromatic carbocycles. The average molecular weight is 305 g/mol. The van der Waals surface area contributed by atoms with Crippen LogP contribution < -0.4 is 14.4 Å². The predicted octanol–water partition coefficient (Wildman–Crippen LogP) is 1.64. The van der Waals surface area contributed by atoms with E-state index in [4.69, 9.17) is 4.74 Å². The number of aromatic nitrogens is 1. The number of hydrogen-bond donors (Lipinski definition) is 1. The summed E-state index contributed by atoms with van der Waals surface area (Å²) in [6.45, 7) is 0. The quantitative estimate of drug-likeness (QED) is 0.911. The molecule has 1 N–H and O–H groups in total. The van der Waals surface area contributed by atoms with Crippen LogP contribution in [0.25, 0.3) is 0 Å².